The minimum absolute atomic E-state index is 0.0311. The smallest absolute Gasteiger partial charge is 0.320 e. The first-order valence-electron chi connectivity index (χ1n) is 7.52. The van der Waals surface area contributed by atoms with Crippen LogP contribution in [0.3, 0.4) is 0 Å². The maximum atomic E-state index is 12.7. The van der Waals surface area contributed by atoms with Crippen LogP contribution in [0.1, 0.15) is 40.5 Å². The van der Waals surface area contributed by atoms with Crippen LogP contribution in [-0.4, -0.2) is 77.6 Å². The van der Waals surface area contributed by atoms with Crippen molar-refractivity contribution in [3.05, 3.63) is 0 Å². The van der Waals surface area contributed by atoms with Crippen LogP contribution in [-0.2, 0) is 4.79 Å². The van der Waals surface area contributed by atoms with Gasteiger partial charge in [-0.15, -0.1) is 0 Å². The van der Waals surface area contributed by atoms with Gasteiger partial charge in [-0.1, -0.05) is 6.92 Å². The summed E-state index contributed by atoms with van der Waals surface area (Å²) in [5, 5.41) is 8.87. The van der Waals surface area contributed by atoms with Crippen molar-refractivity contribution in [2.24, 2.45) is 0 Å². The highest BCUT2D eigenvalue weighted by Crippen LogP contribution is 2.17. The first kappa shape index (κ1) is 19.7. The summed E-state index contributed by atoms with van der Waals surface area (Å²) in [6.07, 6.45) is 0.854. The number of carboxylic acids is 1. The van der Waals surface area contributed by atoms with Crippen molar-refractivity contribution in [3.63, 3.8) is 0 Å². The van der Waals surface area contributed by atoms with Gasteiger partial charge in [-0.2, -0.15) is 0 Å². The van der Waals surface area contributed by atoms with Gasteiger partial charge < -0.3 is 19.8 Å². The Kier molecular flexibility index (Phi) is 8.32. The summed E-state index contributed by atoms with van der Waals surface area (Å²) >= 11 is 0. The second-order valence-electron chi connectivity index (χ2n) is 6.54. The van der Waals surface area contributed by atoms with Gasteiger partial charge in [0.2, 0.25) is 0 Å². The van der Waals surface area contributed by atoms with Crippen LogP contribution in [0.2, 0.25) is 0 Å². The Labute approximate surface area is 128 Å². The lowest BCUT2D eigenvalue weighted by molar-refractivity contribution is -0.137. The van der Waals surface area contributed by atoms with Crippen LogP contribution in [0.15, 0.2) is 0 Å². The first-order valence-corrected chi connectivity index (χ1v) is 7.52. The van der Waals surface area contributed by atoms with Gasteiger partial charge in [-0.05, 0) is 41.3 Å². The summed E-state index contributed by atoms with van der Waals surface area (Å²) in [4.78, 5) is 29.1. The zero-order valence-corrected chi connectivity index (χ0v) is 14.3. The van der Waals surface area contributed by atoms with E-state index in [0.29, 0.717) is 13.1 Å². The highest BCUT2D eigenvalue weighted by atomic mass is 16.4. The standard InChI is InChI=1S/C15H31N3O3/c1-7-9-17(12-11-16(5)6)14(21)18(15(2,3)4)10-8-13(19)20/h7-12H2,1-6H3,(H,19,20). The Bertz CT molecular complexity index is 338. The van der Waals surface area contributed by atoms with Crippen LogP contribution in [0.4, 0.5) is 4.79 Å². The SMILES string of the molecule is CCCN(CCN(C)C)C(=O)N(CCC(=O)O)C(C)(C)C. The van der Waals surface area contributed by atoms with Crippen molar-refractivity contribution >= 4 is 12.0 Å². The van der Waals surface area contributed by atoms with Gasteiger partial charge in [0.05, 0.1) is 6.42 Å². The number of amides is 2. The molecule has 124 valence electrons. The third-order valence-electron chi connectivity index (χ3n) is 3.17. The maximum absolute atomic E-state index is 12.7. The Morgan fingerprint density at radius 1 is 1.00 bits per heavy atom. The quantitative estimate of drug-likeness (QED) is 0.744. The second-order valence-corrected chi connectivity index (χ2v) is 6.54. The van der Waals surface area contributed by atoms with Crippen LogP contribution >= 0.6 is 0 Å². The van der Waals surface area contributed by atoms with Crippen LogP contribution in [0.5, 0.6) is 0 Å². The highest BCUT2D eigenvalue weighted by molar-refractivity contribution is 5.76. The minimum atomic E-state index is -0.882. The molecule has 0 aliphatic rings. The lowest BCUT2D eigenvalue weighted by atomic mass is 10.1. The fourth-order valence-electron chi connectivity index (χ4n) is 1.99. The molecule has 0 aliphatic carbocycles. The average molecular weight is 301 g/mol. The van der Waals surface area contributed by atoms with Crippen molar-refractivity contribution in [2.45, 2.75) is 46.1 Å². The van der Waals surface area contributed by atoms with E-state index in [1.807, 2.05) is 51.6 Å². The van der Waals surface area contributed by atoms with E-state index in [-0.39, 0.29) is 19.0 Å². The number of hydrogen-bond acceptors (Lipinski definition) is 3. The van der Waals surface area contributed by atoms with E-state index in [2.05, 4.69) is 0 Å². The monoisotopic (exact) mass is 301 g/mol. The normalized spacial score (nSPS) is 11.6. The molecule has 0 rings (SSSR count). The third-order valence-corrected chi connectivity index (χ3v) is 3.17. The summed E-state index contributed by atoms with van der Waals surface area (Å²) in [7, 11) is 3.95. The van der Waals surface area contributed by atoms with Gasteiger partial charge >= 0.3 is 12.0 Å². The molecule has 0 aromatic carbocycles. The number of nitrogens with zero attached hydrogens (tertiary/aromatic N) is 3. The molecule has 0 atom stereocenters. The minimum Gasteiger partial charge on any atom is -0.481 e. The maximum Gasteiger partial charge on any atom is 0.320 e. The summed E-state index contributed by atoms with van der Waals surface area (Å²) in [6, 6.07) is -0.0764. The Morgan fingerprint density at radius 3 is 1.95 bits per heavy atom. The summed E-state index contributed by atoms with van der Waals surface area (Å²) in [5.41, 5.74) is -0.392. The molecule has 0 spiro atoms. The molecule has 0 aromatic heterocycles. The molecule has 0 saturated heterocycles. The Hall–Kier alpha value is -1.30. The van der Waals surface area contributed by atoms with E-state index in [9.17, 15) is 9.59 Å². The van der Waals surface area contributed by atoms with E-state index >= 15 is 0 Å². The van der Waals surface area contributed by atoms with Crippen molar-refractivity contribution in [2.75, 3.05) is 40.3 Å². The zero-order valence-electron chi connectivity index (χ0n) is 14.3. The summed E-state index contributed by atoms with van der Waals surface area (Å²) < 4.78 is 0. The molecule has 0 unspecified atom stereocenters. The van der Waals surface area contributed by atoms with Gasteiger partial charge in [0.1, 0.15) is 0 Å². The molecule has 0 radical (unpaired) electrons. The fourth-order valence-corrected chi connectivity index (χ4v) is 1.99. The van der Waals surface area contributed by atoms with Gasteiger partial charge in [0, 0.05) is 31.7 Å². The lowest BCUT2D eigenvalue weighted by Crippen LogP contribution is -2.53. The Balaban J connectivity index is 4.96. The molecule has 0 fully saturated rings. The molecule has 2 amide bonds. The van der Waals surface area contributed by atoms with Gasteiger partial charge in [0.25, 0.3) is 0 Å². The van der Waals surface area contributed by atoms with Crippen molar-refractivity contribution in [1.82, 2.24) is 14.7 Å². The van der Waals surface area contributed by atoms with Crippen molar-refractivity contribution in [3.8, 4) is 0 Å². The lowest BCUT2D eigenvalue weighted by Gasteiger charge is -2.39. The predicted molar refractivity (Wildman–Crippen MR) is 84.5 cm³/mol. The largest absolute Gasteiger partial charge is 0.481 e. The molecule has 0 aliphatic heterocycles. The molecule has 21 heavy (non-hydrogen) atoms. The molecule has 0 saturated carbocycles. The van der Waals surface area contributed by atoms with Crippen LogP contribution < -0.4 is 0 Å². The second kappa shape index (κ2) is 8.87. The topological polar surface area (TPSA) is 64.1 Å². The number of rotatable bonds is 8. The van der Waals surface area contributed by atoms with E-state index in [0.717, 1.165) is 13.0 Å². The number of hydrogen-bond donors (Lipinski definition) is 1. The first-order chi connectivity index (χ1) is 9.59. The molecular weight excluding hydrogens is 270 g/mol. The number of carbonyl (C=O) groups is 2. The third kappa shape index (κ3) is 7.90. The Morgan fingerprint density at radius 2 is 1.57 bits per heavy atom. The van der Waals surface area contributed by atoms with Gasteiger partial charge in [0.15, 0.2) is 0 Å². The molecular formula is C15H31N3O3. The van der Waals surface area contributed by atoms with E-state index in [4.69, 9.17) is 5.11 Å². The summed E-state index contributed by atoms with van der Waals surface area (Å²) in [6.45, 7) is 10.2. The van der Waals surface area contributed by atoms with E-state index in [1.54, 1.807) is 4.90 Å². The number of aliphatic carboxylic acids is 1. The molecule has 6 nitrogen and oxygen atoms in total. The van der Waals surface area contributed by atoms with Gasteiger partial charge in [-0.25, -0.2) is 4.79 Å². The van der Waals surface area contributed by atoms with Crippen molar-refractivity contribution in [1.29, 1.82) is 0 Å². The fraction of sp³-hybridized carbons (Fsp3) is 0.867. The molecule has 6 heteroatoms. The van der Waals surface area contributed by atoms with Crippen LogP contribution in [0.25, 0.3) is 0 Å². The molecule has 0 bridgehead atoms. The van der Waals surface area contributed by atoms with Crippen LogP contribution in [0, 0.1) is 0 Å². The number of likely N-dealkylation sites (N-methyl/N-ethyl adjacent to an activating group) is 1. The number of urea groups is 1. The van der Waals surface area contributed by atoms with Gasteiger partial charge in [-0.3, -0.25) is 4.79 Å². The number of carboxylic acid groups (broad SMARTS) is 1. The average Bonchev–Trinajstić information content (AvgIpc) is 2.32. The highest BCUT2D eigenvalue weighted by Gasteiger charge is 2.30. The van der Waals surface area contributed by atoms with E-state index < -0.39 is 11.5 Å². The van der Waals surface area contributed by atoms with E-state index in [1.165, 1.54) is 0 Å². The molecule has 0 aromatic rings. The zero-order chi connectivity index (χ0) is 16.6. The molecule has 0 heterocycles. The number of carbonyl (C=O) groups excluding carboxylic acids is 1. The van der Waals surface area contributed by atoms with Crippen molar-refractivity contribution < 1.29 is 14.7 Å². The summed E-state index contributed by atoms with van der Waals surface area (Å²) in [5.74, 6) is -0.882. The predicted octanol–water partition coefficient (Wildman–Crippen LogP) is 1.96. The molecule has 1 N–H and O–H groups in total.